The number of aliphatic hydroxyl groups is 2. The molecule has 0 aliphatic heterocycles. The lowest BCUT2D eigenvalue weighted by molar-refractivity contribution is -0.111. The van der Waals surface area contributed by atoms with Gasteiger partial charge in [-0.1, -0.05) is 55.1 Å². The molecule has 0 saturated heterocycles. The van der Waals surface area contributed by atoms with Gasteiger partial charge in [-0.25, -0.2) is 0 Å². The zero-order valence-electron chi connectivity index (χ0n) is 13.4. The molecule has 0 heterocycles. The number of fused-ring (bicyclic) bond motifs is 2. The van der Waals surface area contributed by atoms with Gasteiger partial charge >= 0.3 is 0 Å². The third-order valence-corrected chi connectivity index (χ3v) is 4.59. The SMILES string of the molecule is C=C1C(O)=C(C2=C(O)c3ccccc3C(=O)C2=O)C(=O)c2ccccc21. The fourth-order valence-electron chi connectivity index (χ4n) is 3.29. The van der Waals surface area contributed by atoms with Crippen LogP contribution in [-0.2, 0) is 4.79 Å². The van der Waals surface area contributed by atoms with Crippen LogP contribution in [0.15, 0.2) is 72.0 Å². The van der Waals surface area contributed by atoms with Gasteiger partial charge in [0.2, 0.25) is 11.6 Å². The molecule has 0 atom stereocenters. The van der Waals surface area contributed by atoms with Crippen LogP contribution in [0.25, 0.3) is 11.3 Å². The zero-order chi connectivity index (χ0) is 18.6. The molecule has 0 bridgehead atoms. The number of ketones is 3. The highest BCUT2D eigenvalue weighted by atomic mass is 16.3. The molecule has 0 aromatic heterocycles. The first-order valence-corrected chi connectivity index (χ1v) is 7.82. The third kappa shape index (κ3) is 1.94. The maximum atomic E-state index is 12.9. The van der Waals surface area contributed by atoms with Gasteiger partial charge in [-0.05, 0) is 5.56 Å². The summed E-state index contributed by atoms with van der Waals surface area (Å²) in [6.07, 6.45) is 0. The van der Waals surface area contributed by atoms with Crippen LogP contribution >= 0.6 is 0 Å². The summed E-state index contributed by atoms with van der Waals surface area (Å²) < 4.78 is 0. The Kier molecular flexibility index (Phi) is 3.27. The fraction of sp³-hybridized carbons (Fsp3) is 0. The second-order valence-electron chi connectivity index (χ2n) is 6.00. The van der Waals surface area contributed by atoms with E-state index >= 15 is 0 Å². The smallest absolute Gasteiger partial charge is 0.238 e. The molecule has 0 unspecified atom stereocenters. The largest absolute Gasteiger partial charge is 0.507 e. The van der Waals surface area contributed by atoms with Crippen LogP contribution in [-0.4, -0.2) is 27.6 Å². The van der Waals surface area contributed by atoms with Crippen molar-refractivity contribution in [2.75, 3.05) is 0 Å². The number of carbonyl (C=O) groups is 3. The maximum absolute atomic E-state index is 12.9. The van der Waals surface area contributed by atoms with E-state index in [0.29, 0.717) is 5.56 Å². The molecule has 0 spiro atoms. The van der Waals surface area contributed by atoms with Crippen molar-refractivity contribution in [2.24, 2.45) is 0 Å². The maximum Gasteiger partial charge on any atom is 0.238 e. The van der Waals surface area contributed by atoms with Crippen molar-refractivity contribution in [3.8, 4) is 0 Å². The summed E-state index contributed by atoms with van der Waals surface area (Å²) in [5, 5.41) is 21.1. The first kappa shape index (κ1) is 15.8. The van der Waals surface area contributed by atoms with Gasteiger partial charge in [0.05, 0.1) is 11.1 Å². The third-order valence-electron chi connectivity index (χ3n) is 4.59. The number of hydrogen-bond acceptors (Lipinski definition) is 5. The molecule has 126 valence electrons. The quantitative estimate of drug-likeness (QED) is 0.773. The minimum absolute atomic E-state index is 0.0568. The topological polar surface area (TPSA) is 91.7 Å². The average molecular weight is 344 g/mol. The first-order chi connectivity index (χ1) is 12.4. The van der Waals surface area contributed by atoms with Gasteiger partial charge in [0.25, 0.3) is 0 Å². The average Bonchev–Trinajstić information content (AvgIpc) is 2.67. The molecule has 4 rings (SSSR count). The Balaban J connectivity index is 2.02. The van der Waals surface area contributed by atoms with Crippen molar-refractivity contribution in [3.05, 3.63) is 94.3 Å². The van der Waals surface area contributed by atoms with E-state index in [2.05, 4.69) is 6.58 Å². The highest BCUT2D eigenvalue weighted by Crippen LogP contribution is 2.40. The lowest BCUT2D eigenvalue weighted by Crippen LogP contribution is -2.29. The van der Waals surface area contributed by atoms with Crippen molar-refractivity contribution in [3.63, 3.8) is 0 Å². The minimum atomic E-state index is -1.04. The molecule has 2 N–H and O–H groups in total. The summed E-state index contributed by atoms with van der Waals surface area (Å²) in [7, 11) is 0. The summed E-state index contributed by atoms with van der Waals surface area (Å²) in [5.41, 5.74) is 0.130. The Morgan fingerprint density at radius 3 is 1.65 bits per heavy atom. The number of carbonyl (C=O) groups excluding carboxylic acids is 3. The van der Waals surface area contributed by atoms with E-state index < -0.39 is 40.0 Å². The molecule has 2 aromatic carbocycles. The molecule has 26 heavy (non-hydrogen) atoms. The van der Waals surface area contributed by atoms with Crippen LogP contribution in [0, 0.1) is 0 Å². The summed E-state index contributed by atoms with van der Waals surface area (Å²) in [4.78, 5) is 37.9. The lowest BCUT2D eigenvalue weighted by Gasteiger charge is -2.24. The minimum Gasteiger partial charge on any atom is -0.507 e. The highest BCUT2D eigenvalue weighted by Gasteiger charge is 2.40. The summed E-state index contributed by atoms with van der Waals surface area (Å²) in [6, 6.07) is 12.6. The number of Topliss-reactive ketones (excluding diaryl/α,β-unsaturated/α-hetero) is 3. The standard InChI is InChI=1S/C21H12O5/c1-10-11-6-2-3-7-12(11)18(23)15(17(10)22)16-19(24)13-8-4-5-9-14(13)20(25)21(16)26/h2-9,22,24H,1H2. The molecule has 0 saturated carbocycles. The predicted molar refractivity (Wildman–Crippen MR) is 94.8 cm³/mol. The Morgan fingerprint density at radius 2 is 1.04 bits per heavy atom. The van der Waals surface area contributed by atoms with E-state index in [9.17, 15) is 24.6 Å². The van der Waals surface area contributed by atoms with Crippen LogP contribution in [0.5, 0.6) is 0 Å². The van der Waals surface area contributed by atoms with Crippen molar-refractivity contribution in [1.29, 1.82) is 0 Å². The van der Waals surface area contributed by atoms with Gasteiger partial charge in [-0.2, -0.15) is 0 Å². The molecule has 0 radical (unpaired) electrons. The highest BCUT2D eigenvalue weighted by molar-refractivity contribution is 6.54. The van der Waals surface area contributed by atoms with Crippen LogP contribution in [0.2, 0.25) is 0 Å². The monoisotopic (exact) mass is 344 g/mol. The van der Waals surface area contributed by atoms with E-state index in [1.165, 1.54) is 18.2 Å². The zero-order valence-corrected chi connectivity index (χ0v) is 13.4. The molecular formula is C21H12O5. The molecular weight excluding hydrogens is 332 g/mol. The number of hydrogen-bond donors (Lipinski definition) is 2. The Morgan fingerprint density at radius 1 is 0.577 bits per heavy atom. The van der Waals surface area contributed by atoms with E-state index in [1.807, 2.05) is 0 Å². The first-order valence-electron chi connectivity index (χ1n) is 7.82. The van der Waals surface area contributed by atoms with E-state index in [0.717, 1.165) is 0 Å². The van der Waals surface area contributed by atoms with Crippen LogP contribution in [0.4, 0.5) is 0 Å². The van der Waals surface area contributed by atoms with Gasteiger partial charge in [0.1, 0.15) is 11.5 Å². The summed E-state index contributed by atoms with van der Waals surface area (Å²) in [5.74, 6) is -3.55. The molecule has 5 nitrogen and oxygen atoms in total. The van der Waals surface area contributed by atoms with Gasteiger partial charge in [-0.15, -0.1) is 0 Å². The number of benzene rings is 2. The van der Waals surface area contributed by atoms with Crippen LogP contribution in [0.1, 0.15) is 31.8 Å². The van der Waals surface area contributed by atoms with Crippen LogP contribution in [0.3, 0.4) is 0 Å². The van der Waals surface area contributed by atoms with Crippen molar-refractivity contribution in [2.45, 2.75) is 0 Å². The molecule has 0 amide bonds. The van der Waals surface area contributed by atoms with E-state index in [1.54, 1.807) is 30.3 Å². The molecule has 2 aliphatic rings. The summed E-state index contributed by atoms with van der Waals surface area (Å²) in [6.45, 7) is 3.77. The van der Waals surface area contributed by atoms with E-state index in [-0.39, 0.29) is 22.3 Å². The van der Waals surface area contributed by atoms with Gasteiger partial charge in [0.15, 0.2) is 5.78 Å². The molecule has 2 aromatic rings. The normalized spacial score (nSPS) is 16.8. The van der Waals surface area contributed by atoms with Gasteiger partial charge in [0, 0.05) is 22.3 Å². The Bertz CT molecular complexity index is 1110. The van der Waals surface area contributed by atoms with E-state index in [4.69, 9.17) is 0 Å². The fourth-order valence-corrected chi connectivity index (χ4v) is 3.29. The van der Waals surface area contributed by atoms with Gasteiger partial charge in [-0.3, -0.25) is 14.4 Å². The second-order valence-corrected chi connectivity index (χ2v) is 6.00. The van der Waals surface area contributed by atoms with Crippen LogP contribution < -0.4 is 0 Å². The van der Waals surface area contributed by atoms with Crippen molar-refractivity contribution < 1.29 is 24.6 Å². The number of allylic oxidation sites excluding steroid dienone is 3. The van der Waals surface area contributed by atoms with Crippen molar-refractivity contribution in [1.82, 2.24) is 0 Å². The van der Waals surface area contributed by atoms with Gasteiger partial charge < -0.3 is 10.2 Å². The Labute approximate surface area is 148 Å². The van der Waals surface area contributed by atoms with Crippen molar-refractivity contribution >= 4 is 28.7 Å². The predicted octanol–water partition coefficient (Wildman–Crippen LogP) is 3.44. The number of rotatable bonds is 1. The second kappa shape index (κ2) is 5.39. The molecule has 5 heteroatoms. The lowest BCUT2D eigenvalue weighted by atomic mass is 9.78. The number of aliphatic hydroxyl groups excluding tert-OH is 2. The summed E-state index contributed by atoms with van der Waals surface area (Å²) >= 11 is 0. The molecule has 2 aliphatic carbocycles. The molecule has 0 fully saturated rings. The Hall–Kier alpha value is -3.73.